The van der Waals surface area contributed by atoms with Crippen LogP contribution in [0.2, 0.25) is 0 Å². The number of carboxylic acid groups (broad SMARTS) is 1. The van der Waals surface area contributed by atoms with E-state index in [0.717, 1.165) is 13.1 Å². The van der Waals surface area contributed by atoms with E-state index in [9.17, 15) is 4.79 Å². The molecule has 0 aliphatic carbocycles. The van der Waals surface area contributed by atoms with Gasteiger partial charge >= 0.3 is 5.97 Å². The Morgan fingerprint density at radius 2 is 2.00 bits per heavy atom. The van der Waals surface area contributed by atoms with E-state index in [4.69, 9.17) is 5.11 Å². The summed E-state index contributed by atoms with van der Waals surface area (Å²) in [6.07, 6.45) is 3.84. The second kappa shape index (κ2) is 4.92. The molecule has 0 amide bonds. The van der Waals surface area contributed by atoms with E-state index in [0.29, 0.717) is 12.1 Å². The molecule has 0 aromatic heterocycles. The molecule has 17 heavy (non-hydrogen) atoms. The summed E-state index contributed by atoms with van der Waals surface area (Å²) in [7, 11) is 0. The fourth-order valence-electron chi connectivity index (χ4n) is 2.88. The lowest BCUT2D eigenvalue weighted by molar-refractivity contribution is -0.141. The predicted molar refractivity (Wildman–Crippen MR) is 65.6 cm³/mol. The standard InChI is InChI=1S/C12H23N3O2/c1-9-4-3-5-10(2)15(9)14-12(6-11(16)17)7-13-8-12/h9-10,13-14H,3-8H2,1-2H3,(H,16,17). The van der Waals surface area contributed by atoms with Crippen LogP contribution in [0.15, 0.2) is 0 Å². The van der Waals surface area contributed by atoms with Crippen LogP contribution in [0.1, 0.15) is 39.5 Å². The summed E-state index contributed by atoms with van der Waals surface area (Å²) in [6.45, 7) is 5.91. The fraction of sp³-hybridized carbons (Fsp3) is 0.917. The van der Waals surface area contributed by atoms with Crippen LogP contribution in [0, 0.1) is 0 Å². The van der Waals surface area contributed by atoms with Crippen molar-refractivity contribution in [2.45, 2.75) is 57.2 Å². The van der Waals surface area contributed by atoms with Gasteiger partial charge in [-0.1, -0.05) is 6.42 Å². The van der Waals surface area contributed by atoms with Crippen molar-refractivity contribution in [3.8, 4) is 0 Å². The molecule has 0 radical (unpaired) electrons. The van der Waals surface area contributed by atoms with Crippen molar-refractivity contribution < 1.29 is 9.90 Å². The first-order valence-corrected chi connectivity index (χ1v) is 6.51. The smallest absolute Gasteiger partial charge is 0.305 e. The van der Waals surface area contributed by atoms with Crippen molar-refractivity contribution >= 4 is 5.97 Å². The van der Waals surface area contributed by atoms with E-state index >= 15 is 0 Å². The normalized spacial score (nSPS) is 33.1. The van der Waals surface area contributed by atoms with Crippen LogP contribution >= 0.6 is 0 Å². The molecule has 2 aliphatic rings. The highest BCUT2D eigenvalue weighted by molar-refractivity contribution is 5.68. The number of hydrogen-bond donors (Lipinski definition) is 3. The summed E-state index contributed by atoms with van der Waals surface area (Å²) < 4.78 is 0. The van der Waals surface area contributed by atoms with Crippen LogP contribution in [0.3, 0.4) is 0 Å². The van der Waals surface area contributed by atoms with Gasteiger partial charge in [0.05, 0.1) is 12.0 Å². The Balaban J connectivity index is 1.99. The number of nitrogens with one attached hydrogen (secondary N) is 2. The van der Waals surface area contributed by atoms with Gasteiger partial charge in [0.15, 0.2) is 0 Å². The molecular weight excluding hydrogens is 218 g/mol. The largest absolute Gasteiger partial charge is 0.481 e. The Hall–Kier alpha value is -0.650. The van der Waals surface area contributed by atoms with Crippen molar-refractivity contribution in [3.63, 3.8) is 0 Å². The summed E-state index contributed by atoms with van der Waals surface area (Å²) in [5, 5.41) is 14.4. The molecular formula is C12H23N3O2. The minimum atomic E-state index is -0.726. The lowest BCUT2D eigenvalue weighted by Gasteiger charge is -2.50. The van der Waals surface area contributed by atoms with Crippen molar-refractivity contribution in [3.05, 3.63) is 0 Å². The predicted octanol–water partition coefficient (Wildman–Crippen LogP) is 0.571. The van der Waals surface area contributed by atoms with Gasteiger partial charge in [0.25, 0.3) is 0 Å². The number of aliphatic carboxylic acids is 1. The molecule has 2 saturated heterocycles. The Bertz CT molecular complexity index is 281. The third-order valence-corrected chi connectivity index (χ3v) is 3.98. The van der Waals surface area contributed by atoms with Crippen LogP contribution in [-0.2, 0) is 4.79 Å². The van der Waals surface area contributed by atoms with Gasteiger partial charge < -0.3 is 10.4 Å². The van der Waals surface area contributed by atoms with Gasteiger partial charge in [0.2, 0.25) is 0 Å². The Labute approximate surface area is 103 Å². The number of nitrogens with zero attached hydrogens (tertiary/aromatic N) is 1. The summed E-state index contributed by atoms with van der Waals surface area (Å²) in [4.78, 5) is 10.9. The zero-order valence-electron chi connectivity index (χ0n) is 10.7. The maximum absolute atomic E-state index is 10.9. The lowest BCUT2D eigenvalue weighted by Crippen LogP contribution is -2.74. The van der Waals surface area contributed by atoms with E-state index < -0.39 is 5.97 Å². The molecule has 2 rings (SSSR count). The zero-order valence-corrected chi connectivity index (χ0v) is 10.7. The van der Waals surface area contributed by atoms with Gasteiger partial charge in [0, 0.05) is 25.2 Å². The zero-order chi connectivity index (χ0) is 12.5. The molecule has 2 aliphatic heterocycles. The first-order valence-electron chi connectivity index (χ1n) is 6.51. The number of hydrazine groups is 1. The molecule has 0 spiro atoms. The SMILES string of the molecule is CC1CCCC(C)N1NC1(CC(=O)O)CNC1. The second-order valence-electron chi connectivity index (χ2n) is 5.60. The molecule has 0 aromatic rings. The lowest BCUT2D eigenvalue weighted by atomic mass is 9.88. The van der Waals surface area contributed by atoms with E-state index in [1.165, 1.54) is 19.3 Å². The summed E-state index contributed by atoms with van der Waals surface area (Å²) >= 11 is 0. The van der Waals surface area contributed by atoms with Crippen LogP contribution in [0.5, 0.6) is 0 Å². The number of piperidine rings is 1. The molecule has 2 fully saturated rings. The summed E-state index contributed by atoms with van der Waals surface area (Å²) in [5.41, 5.74) is 3.22. The minimum Gasteiger partial charge on any atom is -0.481 e. The molecule has 2 unspecified atom stereocenters. The number of carboxylic acids is 1. The molecule has 3 N–H and O–H groups in total. The van der Waals surface area contributed by atoms with E-state index in [2.05, 4.69) is 29.6 Å². The van der Waals surface area contributed by atoms with Crippen LogP contribution < -0.4 is 10.7 Å². The molecule has 2 heterocycles. The summed E-state index contributed by atoms with van der Waals surface area (Å²) in [6, 6.07) is 0.982. The van der Waals surface area contributed by atoms with Gasteiger partial charge in [-0.3, -0.25) is 4.79 Å². The van der Waals surface area contributed by atoms with Crippen LogP contribution in [0.4, 0.5) is 0 Å². The van der Waals surface area contributed by atoms with Gasteiger partial charge in [-0.05, 0) is 26.7 Å². The molecule has 0 bridgehead atoms. The Morgan fingerprint density at radius 1 is 1.41 bits per heavy atom. The molecule has 0 saturated carbocycles. The average molecular weight is 241 g/mol. The van der Waals surface area contributed by atoms with Gasteiger partial charge in [-0.15, -0.1) is 0 Å². The average Bonchev–Trinajstić information content (AvgIpc) is 2.19. The third-order valence-electron chi connectivity index (χ3n) is 3.98. The van der Waals surface area contributed by atoms with Crippen molar-refractivity contribution in [2.24, 2.45) is 0 Å². The maximum atomic E-state index is 10.9. The maximum Gasteiger partial charge on any atom is 0.305 e. The summed E-state index contributed by atoms with van der Waals surface area (Å²) in [5.74, 6) is -0.726. The van der Waals surface area contributed by atoms with Gasteiger partial charge in [0.1, 0.15) is 0 Å². The number of hydrogen-bond acceptors (Lipinski definition) is 4. The van der Waals surface area contributed by atoms with Crippen LogP contribution in [0.25, 0.3) is 0 Å². The fourth-order valence-corrected chi connectivity index (χ4v) is 2.88. The van der Waals surface area contributed by atoms with Crippen LogP contribution in [-0.4, -0.2) is 46.8 Å². The quantitative estimate of drug-likeness (QED) is 0.671. The first kappa shape index (κ1) is 12.8. The van der Waals surface area contributed by atoms with Crippen molar-refractivity contribution in [1.82, 2.24) is 15.8 Å². The van der Waals surface area contributed by atoms with E-state index in [1.807, 2.05) is 0 Å². The Kier molecular flexibility index (Phi) is 3.70. The van der Waals surface area contributed by atoms with E-state index in [-0.39, 0.29) is 12.0 Å². The third kappa shape index (κ3) is 2.78. The second-order valence-corrected chi connectivity index (χ2v) is 5.60. The topological polar surface area (TPSA) is 64.6 Å². The minimum absolute atomic E-state index is 0.190. The molecule has 98 valence electrons. The highest BCUT2D eigenvalue weighted by Crippen LogP contribution is 2.24. The van der Waals surface area contributed by atoms with E-state index in [1.54, 1.807) is 0 Å². The first-order chi connectivity index (χ1) is 8.02. The van der Waals surface area contributed by atoms with Gasteiger partial charge in [-0.2, -0.15) is 0 Å². The van der Waals surface area contributed by atoms with Crippen molar-refractivity contribution in [1.29, 1.82) is 0 Å². The monoisotopic (exact) mass is 241 g/mol. The number of carbonyl (C=O) groups is 1. The highest BCUT2D eigenvalue weighted by Gasteiger charge is 2.42. The molecule has 0 aromatic carbocycles. The molecule has 5 heteroatoms. The highest BCUT2D eigenvalue weighted by atomic mass is 16.4. The van der Waals surface area contributed by atoms with Crippen molar-refractivity contribution in [2.75, 3.05) is 13.1 Å². The van der Waals surface area contributed by atoms with Gasteiger partial charge in [-0.25, -0.2) is 10.4 Å². The molecule has 5 nitrogen and oxygen atoms in total. The molecule has 2 atom stereocenters. The Morgan fingerprint density at radius 3 is 2.41 bits per heavy atom. The number of rotatable bonds is 4.